The van der Waals surface area contributed by atoms with E-state index in [2.05, 4.69) is 18.7 Å². The molecule has 1 aromatic carbocycles. The highest BCUT2D eigenvalue weighted by Crippen LogP contribution is 2.25. The van der Waals surface area contributed by atoms with Crippen LogP contribution in [-0.4, -0.2) is 29.6 Å². The van der Waals surface area contributed by atoms with E-state index in [1.54, 1.807) is 12.1 Å². The van der Waals surface area contributed by atoms with Gasteiger partial charge in [0.05, 0.1) is 0 Å². The second kappa shape index (κ2) is 5.37. The second-order valence-corrected chi connectivity index (χ2v) is 5.79. The lowest BCUT2D eigenvalue weighted by Crippen LogP contribution is -2.55. The molecule has 2 rings (SSSR count). The molecule has 2 nitrogen and oxygen atoms in total. The molecule has 1 aliphatic heterocycles. The maximum atomic E-state index is 13.2. The Morgan fingerprint density at radius 2 is 2.00 bits per heavy atom. The first-order chi connectivity index (χ1) is 8.50. The average molecular weight is 250 g/mol. The van der Waals surface area contributed by atoms with E-state index < -0.39 is 0 Å². The van der Waals surface area contributed by atoms with Gasteiger partial charge in [0.25, 0.3) is 0 Å². The molecule has 0 amide bonds. The van der Waals surface area contributed by atoms with Crippen molar-refractivity contribution in [2.75, 3.05) is 13.1 Å². The van der Waals surface area contributed by atoms with E-state index >= 15 is 0 Å². The lowest BCUT2D eigenvalue weighted by atomic mass is 9.88. The molecule has 0 aromatic heterocycles. The van der Waals surface area contributed by atoms with Gasteiger partial charge in [0, 0.05) is 11.6 Å². The number of hydrogen-bond donors (Lipinski definition) is 1. The third-order valence-corrected chi connectivity index (χ3v) is 4.17. The molecule has 0 saturated carbocycles. The topological polar surface area (TPSA) is 29.3 Å². The number of halogens is 1. The zero-order valence-corrected chi connectivity index (χ0v) is 11.3. The van der Waals surface area contributed by atoms with Crippen molar-refractivity contribution in [3.05, 3.63) is 35.6 Å². The second-order valence-electron chi connectivity index (χ2n) is 5.79. The number of likely N-dealkylation sites (tertiary alicyclic amines) is 1. The third-order valence-electron chi connectivity index (χ3n) is 4.17. The quantitative estimate of drug-likeness (QED) is 0.890. The van der Waals surface area contributed by atoms with Crippen molar-refractivity contribution < 1.29 is 4.39 Å². The number of rotatable bonds is 4. The summed E-state index contributed by atoms with van der Waals surface area (Å²) in [6.45, 7) is 6.65. The predicted molar refractivity (Wildman–Crippen MR) is 73.0 cm³/mol. The average Bonchev–Trinajstić information content (AvgIpc) is 2.82. The molecule has 18 heavy (non-hydrogen) atoms. The third kappa shape index (κ3) is 2.90. The minimum atomic E-state index is -0.182. The van der Waals surface area contributed by atoms with E-state index in [9.17, 15) is 4.39 Å². The summed E-state index contributed by atoms with van der Waals surface area (Å²) in [6, 6.07) is 6.78. The van der Waals surface area contributed by atoms with Gasteiger partial charge < -0.3 is 5.73 Å². The number of benzene rings is 1. The van der Waals surface area contributed by atoms with E-state index in [-0.39, 0.29) is 17.4 Å². The van der Waals surface area contributed by atoms with Gasteiger partial charge in [0.2, 0.25) is 0 Å². The Bertz CT molecular complexity index is 397. The number of hydrogen-bond acceptors (Lipinski definition) is 2. The summed E-state index contributed by atoms with van der Waals surface area (Å²) in [5.41, 5.74) is 7.31. The van der Waals surface area contributed by atoms with Crippen LogP contribution in [0.15, 0.2) is 24.3 Å². The van der Waals surface area contributed by atoms with Crippen molar-refractivity contribution in [3.63, 3.8) is 0 Å². The molecule has 3 heteroatoms. The van der Waals surface area contributed by atoms with E-state index in [1.165, 1.54) is 18.9 Å². The highest BCUT2D eigenvalue weighted by atomic mass is 19.1. The van der Waals surface area contributed by atoms with Gasteiger partial charge in [0.1, 0.15) is 5.82 Å². The van der Waals surface area contributed by atoms with Gasteiger partial charge in [-0.3, -0.25) is 4.90 Å². The molecule has 0 aliphatic carbocycles. The van der Waals surface area contributed by atoms with Gasteiger partial charge in [-0.2, -0.15) is 0 Å². The molecule has 0 spiro atoms. The van der Waals surface area contributed by atoms with Crippen molar-refractivity contribution in [2.24, 2.45) is 5.73 Å². The summed E-state index contributed by atoms with van der Waals surface area (Å²) < 4.78 is 13.2. The molecule has 1 saturated heterocycles. The lowest BCUT2D eigenvalue weighted by molar-refractivity contribution is 0.123. The minimum Gasteiger partial charge on any atom is -0.326 e. The fourth-order valence-corrected chi connectivity index (χ4v) is 2.70. The summed E-state index contributed by atoms with van der Waals surface area (Å²) in [6.07, 6.45) is 3.24. The zero-order chi connectivity index (χ0) is 13.2. The van der Waals surface area contributed by atoms with Gasteiger partial charge >= 0.3 is 0 Å². The molecule has 1 heterocycles. The van der Waals surface area contributed by atoms with Crippen LogP contribution in [0.5, 0.6) is 0 Å². The van der Waals surface area contributed by atoms with Crippen LogP contribution >= 0.6 is 0 Å². The molecular formula is C15H23FN2. The minimum absolute atomic E-state index is 0.0250. The molecule has 0 bridgehead atoms. The number of nitrogens with zero attached hydrogens (tertiary/aromatic N) is 1. The molecule has 1 aromatic rings. The van der Waals surface area contributed by atoms with Crippen LogP contribution in [0.2, 0.25) is 0 Å². The van der Waals surface area contributed by atoms with Crippen LogP contribution < -0.4 is 5.73 Å². The number of nitrogens with two attached hydrogens (primary N) is 1. The van der Waals surface area contributed by atoms with Gasteiger partial charge in [-0.1, -0.05) is 12.1 Å². The maximum absolute atomic E-state index is 13.2. The SMILES string of the molecule is CC(C)(C(N)Cc1cccc(F)c1)N1CCCC1. The molecule has 2 N–H and O–H groups in total. The van der Waals surface area contributed by atoms with Crippen molar-refractivity contribution in [1.29, 1.82) is 0 Å². The largest absolute Gasteiger partial charge is 0.326 e. The highest BCUT2D eigenvalue weighted by Gasteiger charge is 2.34. The van der Waals surface area contributed by atoms with Crippen molar-refractivity contribution in [2.45, 2.75) is 44.7 Å². The van der Waals surface area contributed by atoms with Crippen molar-refractivity contribution in [3.8, 4) is 0 Å². The zero-order valence-electron chi connectivity index (χ0n) is 11.3. The molecule has 1 fully saturated rings. The van der Waals surface area contributed by atoms with Gasteiger partial charge in [0.15, 0.2) is 0 Å². The molecule has 1 atom stereocenters. The van der Waals surface area contributed by atoms with E-state index in [0.717, 1.165) is 25.1 Å². The summed E-state index contributed by atoms with van der Waals surface area (Å²) in [7, 11) is 0. The molecule has 0 radical (unpaired) electrons. The first kappa shape index (κ1) is 13.5. The fourth-order valence-electron chi connectivity index (χ4n) is 2.70. The molecule has 100 valence electrons. The van der Waals surface area contributed by atoms with E-state index in [0.29, 0.717) is 0 Å². The summed E-state index contributed by atoms with van der Waals surface area (Å²) in [5.74, 6) is -0.182. The van der Waals surface area contributed by atoms with Crippen LogP contribution in [0.4, 0.5) is 4.39 Å². The van der Waals surface area contributed by atoms with Gasteiger partial charge in [-0.15, -0.1) is 0 Å². The van der Waals surface area contributed by atoms with Crippen molar-refractivity contribution >= 4 is 0 Å². The Hall–Kier alpha value is -0.930. The Morgan fingerprint density at radius 3 is 2.61 bits per heavy atom. The summed E-state index contributed by atoms with van der Waals surface area (Å²) >= 11 is 0. The Balaban J connectivity index is 2.04. The normalized spacial score (nSPS) is 19.1. The standard InChI is InChI=1S/C15H23FN2/c1-15(2,18-8-3-4-9-18)14(17)11-12-6-5-7-13(16)10-12/h5-7,10,14H,3-4,8-9,11,17H2,1-2H3. The Kier molecular flexibility index (Phi) is 4.03. The summed E-state index contributed by atoms with van der Waals surface area (Å²) in [5, 5.41) is 0. The van der Waals surface area contributed by atoms with E-state index in [4.69, 9.17) is 5.73 Å². The first-order valence-corrected chi connectivity index (χ1v) is 6.75. The monoisotopic (exact) mass is 250 g/mol. The first-order valence-electron chi connectivity index (χ1n) is 6.75. The van der Waals surface area contributed by atoms with Crippen LogP contribution in [0.3, 0.4) is 0 Å². The maximum Gasteiger partial charge on any atom is 0.123 e. The highest BCUT2D eigenvalue weighted by molar-refractivity contribution is 5.18. The van der Waals surface area contributed by atoms with E-state index in [1.807, 2.05) is 6.07 Å². The van der Waals surface area contributed by atoms with Crippen LogP contribution in [0, 0.1) is 5.82 Å². The smallest absolute Gasteiger partial charge is 0.123 e. The van der Waals surface area contributed by atoms with Crippen molar-refractivity contribution in [1.82, 2.24) is 4.90 Å². The molecular weight excluding hydrogens is 227 g/mol. The molecule has 1 unspecified atom stereocenters. The molecule has 1 aliphatic rings. The fraction of sp³-hybridized carbons (Fsp3) is 0.600. The lowest BCUT2D eigenvalue weighted by Gasteiger charge is -2.40. The Labute approximate surface area is 109 Å². The Morgan fingerprint density at radius 1 is 1.33 bits per heavy atom. The van der Waals surface area contributed by atoms with Crippen LogP contribution in [0.1, 0.15) is 32.3 Å². The summed E-state index contributed by atoms with van der Waals surface area (Å²) in [4.78, 5) is 2.46. The van der Waals surface area contributed by atoms with Crippen LogP contribution in [0.25, 0.3) is 0 Å². The van der Waals surface area contributed by atoms with Gasteiger partial charge in [-0.25, -0.2) is 4.39 Å². The predicted octanol–water partition coefficient (Wildman–Crippen LogP) is 2.57. The van der Waals surface area contributed by atoms with Crippen LogP contribution in [-0.2, 0) is 6.42 Å². The van der Waals surface area contributed by atoms with Gasteiger partial charge in [-0.05, 0) is 63.9 Å².